The fourth-order valence-corrected chi connectivity index (χ4v) is 2.05. The molecule has 0 amide bonds. The predicted octanol–water partition coefficient (Wildman–Crippen LogP) is 3.03. The standard InChI is InChI=1S/C10H14Cl2N4/c1-6(2)10(3-4-10)5-13-8-7(11)15-16-9(12)14-8/h6H,3-5H2,1-2H3,(H,13,14,16). The molecular weight excluding hydrogens is 247 g/mol. The molecule has 0 aromatic carbocycles. The molecule has 2 rings (SSSR count). The van der Waals surface area contributed by atoms with Crippen LogP contribution >= 0.6 is 23.2 Å². The summed E-state index contributed by atoms with van der Waals surface area (Å²) >= 11 is 11.5. The second kappa shape index (κ2) is 4.34. The molecule has 0 bridgehead atoms. The maximum absolute atomic E-state index is 5.87. The molecule has 1 aromatic rings. The molecule has 0 saturated heterocycles. The van der Waals surface area contributed by atoms with E-state index in [2.05, 4.69) is 34.3 Å². The third-order valence-corrected chi connectivity index (χ3v) is 3.76. The SMILES string of the molecule is CC(C)C1(CNc2nc(Cl)nnc2Cl)CC1. The van der Waals surface area contributed by atoms with Crippen molar-refractivity contribution < 1.29 is 0 Å². The Labute approximate surface area is 105 Å². The summed E-state index contributed by atoms with van der Waals surface area (Å²) in [6.45, 7) is 5.34. The Bertz CT molecular complexity index is 390. The van der Waals surface area contributed by atoms with Crippen LogP contribution in [0.3, 0.4) is 0 Å². The van der Waals surface area contributed by atoms with Crippen LogP contribution in [-0.4, -0.2) is 21.7 Å². The van der Waals surface area contributed by atoms with Gasteiger partial charge in [-0.3, -0.25) is 0 Å². The highest BCUT2D eigenvalue weighted by molar-refractivity contribution is 6.32. The molecule has 1 N–H and O–H groups in total. The highest BCUT2D eigenvalue weighted by atomic mass is 35.5. The Morgan fingerprint density at radius 3 is 2.56 bits per heavy atom. The molecule has 1 saturated carbocycles. The minimum absolute atomic E-state index is 0.112. The van der Waals surface area contributed by atoms with Gasteiger partial charge in [0.1, 0.15) is 0 Å². The van der Waals surface area contributed by atoms with Crippen molar-refractivity contribution in [3.63, 3.8) is 0 Å². The van der Waals surface area contributed by atoms with Crippen molar-refractivity contribution in [2.24, 2.45) is 11.3 Å². The molecule has 1 aliphatic rings. The van der Waals surface area contributed by atoms with Crippen LogP contribution in [0.2, 0.25) is 10.4 Å². The normalized spacial score (nSPS) is 17.6. The first-order valence-electron chi connectivity index (χ1n) is 5.33. The molecule has 0 atom stereocenters. The van der Waals surface area contributed by atoms with Crippen molar-refractivity contribution in [3.8, 4) is 0 Å². The van der Waals surface area contributed by atoms with Gasteiger partial charge in [0, 0.05) is 6.54 Å². The lowest BCUT2D eigenvalue weighted by Gasteiger charge is -2.20. The van der Waals surface area contributed by atoms with E-state index < -0.39 is 0 Å². The molecule has 0 aliphatic heterocycles. The Morgan fingerprint density at radius 2 is 2.00 bits per heavy atom. The monoisotopic (exact) mass is 260 g/mol. The van der Waals surface area contributed by atoms with E-state index in [1.807, 2.05) is 0 Å². The summed E-state index contributed by atoms with van der Waals surface area (Å²) in [6.07, 6.45) is 2.50. The number of aromatic nitrogens is 3. The maximum atomic E-state index is 5.87. The van der Waals surface area contributed by atoms with E-state index in [1.165, 1.54) is 12.8 Å². The lowest BCUT2D eigenvalue weighted by molar-refractivity contribution is 0.380. The molecule has 1 aromatic heterocycles. The summed E-state index contributed by atoms with van der Waals surface area (Å²) in [5.41, 5.74) is 0.390. The average molecular weight is 261 g/mol. The molecule has 88 valence electrons. The van der Waals surface area contributed by atoms with Crippen LogP contribution in [0.1, 0.15) is 26.7 Å². The van der Waals surface area contributed by atoms with Gasteiger partial charge in [0.05, 0.1) is 0 Å². The van der Waals surface area contributed by atoms with Gasteiger partial charge in [0.25, 0.3) is 0 Å². The van der Waals surface area contributed by atoms with Crippen molar-refractivity contribution in [1.29, 1.82) is 0 Å². The van der Waals surface area contributed by atoms with Crippen LogP contribution in [0, 0.1) is 11.3 Å². The van der Waals surface area contributed by atoms with E-state index in [9.17, 15) is 0 Å². The van der Waals surface area contributed by atoms with Crippen LogP contribution in [0.4, 0.5) is 5.82 Å². The third kappa shape index (κ3) is 2.38. The summed E-state index contributed by atoms with van der Waals surface area (Å²) in [4.78, 5) is 4.01. The van der Waals surface area contributed by atoms with Gasteiger partial charge in [-0.05, 0) is 35.8 Å². The molecule has 1 heterocycles. The average Bonchev–Trinajstić information content (AvgIpc) is 3.00. The van der Waals surface area contributed by atoms with Crippen LogP contribution in [-0.2, 0) is 0 Å². The van der Waals surface area contributed by atoms with E-state index in [4.69, 9.17) is 23.2 Å². The first-order chi connectivity index (χ1) is 7.53. The molecule has 0 spiro atoms. The van der Waals surface area contributed by atoms with E-state index in [1.54, 1.807) is 0 Å². The van der Waals surface area contributed by atoms with Gasteiger partial charge in [-0.15, -0.1) is 10.2 Å². The van der Waals surface area contributed by atoms with Gasteiger partial charge in [-0.1, -0.05) is 25.4 Å². The Morgan fingerprint density at radius 1 is 1.31 bits per heavy atom. The van der Waals surface area contributed by atoms with Crippen molar-refractivity contribution in [2.45, 2.75) is 26.7 Å². The van der Waals surface area contributed by atoms with E-state index >= 15 is 0 Å². The number of nitrogens with zero attached hydrogens (tertiary/aromatic N) is 3. The molecule has 0 unspecified atom stereocenters. The van der Waals surface area contributed by atoms with Crippen LogP contribution in [0.5, 0.6) is 0 Å². The predicted molar refractivity (Wildman–Crippen MR) is 64.8 cm³/mol. The van der Waals surface area contributed by atoms with Gasteiger partial charge in [0.2, 0.25) is 5.28 Å². The molecular formula is C10H14Cl2N4. The smallest absolute Gasteiger partial charge is 0.245 e. The zero-order valence-electron chi connectivity index (χ0n) is 9.30. The summed E-state index contributed by atoms with van der Waals surface area (Å²) in [6, 6.07) is 0. The number of halogens is 2. The van der Waals surface area contributed by atoms with Gasteiger partial charge in [0.15, 0.2) is 11.0 Å². The molecule has 6 heteroatoms. The second-order valence-corrected chi connectivity index (χ2v) is 5.29. The Hall–Kier alpha value is -0.610. The number of anilines is 1. The molecule has 1 fully saturated rings. The minimum atomic E-state index is 0.112. The van der Waals surface area contributed by atoms with Crippen molar-refractivity contribution in [2.75, 3.05) is 11.9 Å². The van der Waals surface area contributed by atoms with Gasteiger partial charge in [-0.25, -0.2) is 0 Å². The van der Waals surface area contributed by atoms with Crippen molar-refractivity contribution in [1.82, 2.24) is 15.2 Å². The van der Waals surface area contributed by atoms with E-state index in [-0.39, 0.29) is 10.4 Å². The van der Waals surface area contributed by atoms with Crippen LogP contribution in [0.25, 0.3) is 0 Å². The maximum Gasteiger partial charge on any atom is 0.245 e. The van der Waals surface area contributed by atoms with Gasteiger partial charge < -0.3 is 5.32 Å². The summed E-state index contributed by atoms with van der Waals surface area (Å²) in [7, 11) is 0. The van der Waals surface area contributed by atoms with Crippen molar-refractivity contribution >= 4 is 29.0 Å². The first-order valence-corrected chi connectivity index (χ1v) is 6.09. The molecule has 4 nitrogen and oxygen atoms in total. The quantitative estimate of drug-likeness (QED) is 0.905. The fraction of sp³-hybridized carbons (Fsp3) is 0.700. The lowest BCUT2D eigenvalue weighted by Crippen LogP contribution is -2.21. The van der Waals surface area contributed by atoms with Crippen LogP contribution in [0.15, 0.2) is 0 Å². The molecule has 16 heavy (non-hydrogen) atoms. The number of hydrogen-bond donors (Lipinski definition) is 1. The van der Waals surface area contributed by atoms with Crippen molar-refractivity contribution in [3.05, 3.63) is 10.4 Å². The van der Waals surface area contributed by atoms with E-state index in [0.29, 0.717) is 17.2 Å². The fourth-order valence-electron chi connectivity index (χ4n) is 1.78. The summed E-state index contributed by atoms with van der Waals surface area (Å²) < 4.78 is 0. The largest absolute Gasteiger partial charge is 0.367 e. The van der Waals surface area contributed by atoms with E-state index in [0.717, 1.165) is 6.54 Å². The number of nitrogens with one attached hydrogen (secondary N) is 1. The zero-order valence-corrected chi connectivity index (χ0v) is 10.8. The van der Waals surface area contributed by atoms with Gasteiger partial charge in [-0.2, -0.15) is 4.98 Å². The summed E-state index contributed by atoms with van der Waals surface area (Å²) in [5.74, 6) is 1.18. The molecule has 1 aliphatic carbocycles. The number of rotatable bonds is 4. The highest BCUT2D eigenvalue weighted by Gasteiger charge is 2.45. The summed E-state index contributed by atoms with van der Waals surface area (Å²) in [5, 5.41) is 10.9. The van der Waals surface area contributed by atoms with Gasteiger partial charge >= 0.3 is 0 Å². The Kier molecular flexibility index (Phi) is 3.22. The molecule has 0 radical (unpaired) electrons. The second-order valence-electron chi connectivity index (χ2n) is 4.59. The lowest BCUT2D eigenvalue weighted by atomic mass is 9.92. The topological polar surface area (TPSA) is 50.7 Å². The highest BCUT2D eigenvalue weighted by Crippen LogP contribution is 2.51. The first kappa shape index (κ1) is 11.9. The Balaban J connectivity index is 2.02. The number of hydrogen-bond acceptors (Lipinski definition) is 4. The third-order valence-electron chi connectivity index (χ3n) is 3.34. The zero-order chi connectivity index (χ0) is 11.8. The minimum Gasteiger partial charge on any atom is -0.367 e. The van der Waals surface area contributed by atoms with Crippen LogP contribution < -0.4 is 5.32 Å².